The van der Waals surface area contributed by atoms with Gasteiger partial charge in [0.25, 0.3) is 0 Å². The van der Waals surface area contributed by atoms with Gasteiger partial charge in [-0.25, -0.2) is 0 Å². The predicted octanol–water partition coefficient (Wildman–Crippen LogP) is 0.308. The van der Waals surface area contributed by atoms with Crippen molar-refractivity contribution in [3.63, 3.8) is 0 Å². The highest BCUT2D eigenvalue weighted by Crippen LogP contribution is 2.22. The molecule has 4 heteroatoms. The summed E-state index contributed by atoms with van der Waals surface area (Å²) in [5.41, 5.74) is 8.01. The van der Waals surface area contributed by atoms with E-state index in [0.29, 0.717) is 0 Å². The van der Waals surface area contributed by atoms with Gasteiger partial charge < -0.3 is 15.4 Å². The van der Waals surface area contributed by atoms with Crippen LogP contribution in [0.1, 0.15) is 19.4 Å². The number of benzene rings is 1. The SMILES string of the molecule is CC1(C)Cc2cc(N)ccc2B(O)O1. The number of nitrogen functional groups attached to an aromatic ring is 1. The van der Waals surface area contributed by atoms with E-state index in [1.165, 1.54) is 0 Å². The van der Waals surface area contributed by atoms with E-state index in [9.17, 15) is 5.02 Å². The van der Waals surface area contributed by atoms with Gasteiger partial charge >= 0.3 is 7.12 Å². The lowest BCUT2D eigenvalue weighted by atomic mass is 9.70. The molecule has 2 rings (SSSR count). The van der Waals surface area contributed by atoms with E-state index in [0.717, 1.165) is 23.1 Å². The Kier molecular flexibility index (Phi) is 2.05. The van der Waals surface area contributed by atoms with Crippen LogP contribution < -0.4 is 11.2 Å². The molecule has 3 nitrogen and oxygen atoms in total. The molecule has 14 heavy (non-hydrogen) atoms. The Morgan fingerprint density at radius 2 is 2.21 bits per heavy atom. The monoisotopic (exact) mass is 191 g/mol. The Bertz CT molecular complexity index is 365. The average molecular weight is 191 g/mol. The highest BCUT2D eigenvalue weighted by molar-refractivity contribution is 6.61. The zero-order chi connectivity index (χ0) is 10.3. The van der Waals surface area contributed by atoms with Gasteiger partial charge in [0, 0.05) is 5.69 Å². The molecule has 0 aromatic heterocycles. The Hall–Kier alpha value is -0.995. The number of fused-ring (bicyclic) bond motifs is 1. The second-order valence-corrected chi connectivity index (χ2v) is 4.36. The van der Waals surface area contributed by atoms with Gasteiger partial charge in [0.2, 0.25) is 0 Å². The van der Waals surface area contributed by atoms with Crippen LogP contribution in [0.25, 0.3) is 0 Å². The van der Waals surface area contributed by atoms with Gasteiger partial charge in [-0.05, 0) is 43.4 Å². The fourth-order valence-electron chi connectivity index (χ4n) is 1.89. The zero-order valence-electron chi connectivity index (χ0n) is 8.45. The molecule has 0 atom stereocenters. The molecule has 3 N–H and O–H groups in total. The maximum atomic E-state index is 9.72. The number of anilines is 1. The molecule has 0 radical (unpaired) electrons. The minimum atomic E-state index is -0.825. The summed E-state index contributed by atoms with van der Waals surface area (Å²) in [5.74, 6) is 0. The van der Waals surface area contributed by atoms with Crippen LogP contribution >= 0.6 is 0 Å². The van der Waals surface area contributed by atoms with Crippen LogP contribution in [0.2, 0.25) is 0 Å². The fourth-order valence-corrected chi connectivity index (χ4v) is 1.89. The summed E-state index contributed by atoms with van der Waals surface area (Å²) in [6, 6.07) is 5.51. The number of nitrogens with two attached hydrogens (primary N) is 1. The molecule has 1 aromatic carbocycles. The van der Waals surface area contributed by atoms with E-state index in [1.807, 2.05) is 26.0 Å². The summed E-state index contributed by atoms with van der Waals surface area (Å²) in [4.78, 5) is 0. The van der Waals surface area contributed by atoms with Crippen molar-refractivity contribution in [3.05, 3.63) is 23.8 Å². The Morgan fingerprint density at radius 3 is 2.93 bits per heavy atom. The van der Waals surface area contributed by atoms with Gasteiger partial charge in [0.05, 0.1) is 5.60 Å². The van der Waals surface area contributed by atoms with Crippen molar-refractivity contribution in [2.45, 2.75) is 25.9 Å². The molecule has 0 saturated heterocycles. The van der Waals surface area contributed by atoms with Crippen molar-refractivity contribution in [2.24, 2.45) is 0 Å². The minimum absolute atomic E-state index is 0.319. The summed E-state index contributed by atoms with van der Waals surface area (Å²) in [6.07, 6.45) is 0.782. The number of hydrogen-bond donors (Lipinski definition) is 2. The predicted molar refractivity (Wildman–Crippen MR) is 57.3 cm³/mol. The highest BCUT2D eigenvalue weighted by Gasteiger charge is 2.35. The van der Waals surface area contributed by atoms with Crippen LogP contribution in [0.15, 0.2) is 18.2 Å². The molecule has 1 aliphatic heterocycles. The first-order chi connectivity index (χ1) is 6.48. The van der Waals surface area contributed by atoms with E-state index >= 15 is 0 Å². The third kappa shape index (κ3) is 1.63. The first kappa shape index (κ1) is 9.56. The van der Waals surface area contributed by atoms with E-state index in [1.54, 1.807) is 6.07 Å². The van der Waals surface area contributed by atoms with Crippen LogP contribution in [-0.2, 0) is 11.1 Å². The van der Waals surface area contributed by atoms with Crippen molar-refractivity contribution in [1.29, 1.82) is 0 Å². The average Bonchev–Trinajstić information content (AvgIpc) is 2.00. The van der Waals surface area contributed by atoms with Crippen molar-refractivity contribution in [3.8, 4) is 0 Å². The first-order valence-electron chi connectivity index (χ1n) is 4.72. The van der Waals surface area contributed by atoms with Crippen molar-refractivity contribution in [2.75, 3.05) is 5.73 Å². The second-order valence-electron chi connectivity index (χ2n) is 4.36. The van der Waals surface area contributed by atoms with Gasteiger partial charge in [-0.15, -0.1) is 0 Å². The molecule has 0 spiro atoms. The van der Waals surface area contributed by atoms with Crippen molar-refractivity contribution < 1.29 is 9.68 Å². The van der Waals surface area contributed by atoms with Crippen molar-refractivity contribution in [1.82, 2.24) is 0 Å². The van der Waals surface area contributed by atoms with E-state index in [2.05, 4.69) is 0 Å². The normalized spacial score (nSPS) is 19.2. The summed E-state index contributed by atoms with van der Waals surface area (Å²) in [7, 11) is -0.825. The van der Waals surface area contributed by atoms with Crippen LogP contribution in [-0.4, -0.2) is 17.7 Å². The Labute approximate surface area is 84.0 Å². The zero-order valence-corrected chi connectivity index (χ0v) is 8.45. The van der Waals surface area contributed by atoms with Crippen molar-refractivity contribution >= 4 is 18.3 Å². The molecule has 1 aliphatic rings. The van der Waals surface area contributed by atoms with E-state index in [-0.39, 0.29) is 5.60 Å². The fraction of sp³-hybridized carbons (Fsp3) is 0.400. The van der Waals surface area contributed by atoms with Crippen LogP contribution in [0.3, 0.4) is 0 Å². The molecule has 74 valence electrons. The van der Waals surface area contributed by atoms with Gasteiger partial charge in [-0.2, -0.15) is 0 Å². The van der Waals surface area contributed by atoms with Gasteiger partial charge in [-0.1, -0.05) is 6.07 Å². The highest BCUT2D eigenvalue weighted by atomic mass is 16.5. The summed E-state index contributed by atoms with van der Waals surface area (Å²) in [5, 5.41) is 9.72. The lowest BCUT2D eigenvalue weighted by Crippen LogP contribution is -2.50. The molecule has 0 saturated carbocycles. The second kappa shape index (κ2) is 3.00. The summed E-state index contributed by atoms with van der Waals surface area (Å²) >= 11 is 0. The third-order valence-electron chi connectivity index (χ3n) is 2.48. The molecule has 0 fully saturated rings. The van der Waals surface area contributed by atoms with Crippen LogP contribution in [0.4, 0.5) is 5.69 Å². The number of rotatable bonds is 0. The Morgan fingerprint density at radius 1 is 1.50 bits per heavy atom. The summed E-state index contributed by atoms with van der Waals surface area (Å²) in [6.45, 7) is 3.92. The smallest absolute Gasteiger partial charge is 0.423 e. The minimum Gasteiger partial charge on any atom is -0.423 e. The molecule has 1 aromatic rings. The van der Waals surface area contributed by atoms with E-state index in [4.69, 9.17) is 10.4 Å². The van der Waals surface area contributed by atoms with Crippen LogP contribution in [0, 0.1) is 0 Å². The standard InChI is InChI=1S/C10H14BNO2/c1-10(2)6-7-5-8(12)3-4-9(7)11(13)14-10/h3-5,13H,6,12H2,1-2H3. The molecule has 0 bridgehead atoms. The molecule has 0 amide bonds. The lowest BCUT2D eigenvalue weighted by molar-refractivity contribution is 0.0821. The maximum Gasteiger partial charge on any atom is 0.491 e. The van der Waals surface area contributed by atoms with Gasteiger partial charge in [-0.3, -0.25) is 0 Å². The van der Waals surface area contributed by atoms with Gasteiger partial charge in [0.1, 0.15) is 0 Å². The molecule has 0 aliphatic carbocycles. The maximum absolute atomic E-state index is 9.72. The number of hydrogen-bond acceptors (Lipinski definition) is 3. The molecule has 1 heterocycles. The third-order valence-corrected chi connectivity index (χ3v) is 2.48. The lowest BCUT2D eigenvalue weighted by Gasteiger charge is -2.33. The van der Waals surface area contributed by atoms with E-state index < -0.39 is 7.12 Å². The quantitative estimate of drug-likeness (QED) is 0.458. The molecular formula is C10H14BNO2. The topological polar surface area (TPSA) is 55.5 Å². The largest absolute Gasteiger partial charge is 0.491 e. The first-order valence-corrected chi connectivity index (χ1v) is 4.72. The summed E-state index contributed by atoms with van der Waals surface area (Å²) < 4.78 is 5.45. The molecule has 0 unspecified atom stereocenters. The molecular weight excluding hydrogens is 177 g/mol. The van der Waals surface area contributed by atoms with Gasteiger partial charge in [0.15, 0.2) is 0 Å². The Balaban J connectivity index is 2.46. The van der Waals surface area contributed by atoms with Crippen LogP contribution in [0.5, 0.6) is 0 Å².